The van der Waals surface area contributed by atoms with E-state index in [1.807, 2.05) is 6.92 Å². The van der Waals surface area contributed by atoms with Crippen molar-refractivity contribution in [1.82, 2.24) is 20.4 Å². The first kappa shape index (κ1) is 22.2. The van der Waals surface area contributed by atoms with Crippen LogP contribution in [-0.2, 0) is 4.79 Å². The fraction of sp³-hybridized carbons (Fsp3) is 0.750. The number of hydrogen-bond donors (Lipinski definition) is 2. The number of likely N-dealkylation sites (N-methyl/N-ethyl adjacent to an activating group) is 2. The fourth-order valence-electron chi connectivity index (χ4n) is 2.45. The Morgan fingerprint density at radius 3 is 2.65 bits per heavy atom. The van der Waals surface area contributed by atoms with Crippen molar-refractivity contribution in [1.29, 1.82) is 0 Å². The Morgan fingerprint density at radius 2 is 2.09 bits per heavy atom. The van der Waals surface area contributed by atoms with Gasteiger partial charge in [-0.15, -0.1) is 24.0 Å². The summed E-state index contributed by atoms with van der Waals surface area (Å²) in [5.41, 5.74) is 1.03. The lowest BCUT2D eigenvalue weighted by Gasteiger charge is -2.24. The molecule has 1 aliphatic heterocycles. The van der Waals surface area contributed by atoms with Crippen LogP contribution in [-0.4, -0.2) is 74.5 Å². The van der Waals surface area contributed by atoms with Crippen molar-refractivity contribution in [2.24, 2.45) is 4.99 Å². The third-order valence-electron chi connectivity index (χ3n) is 3.84. The number of guanidine groups is 1. The van der Waals surface area contributed by atoms with Crippen molar-refractivity contribution in [2.45, 2.75) is 32.7 Å². The van der Waals surface area contributed by atoms with Crippen molar-refractivity contribution >= 4 is 35.8 Å². The molecule has 0 aromatic carbocycles. The van der Waals surface area contributed by atoms with Crippen molar-refractivity contribution in [3.8, 4) is 0 Å². The van der Waals surface area contributed by atoms with Gasteiger partial charge in [0.25, 0.3) is 0 Å². The Balaban J connectivity index is 0.00000484. The van der Waals surface area contributed by atoms with Crippen LogP contribution in [0.4, 0.5) is 0 Å². The van der Waals surface area contributed by atoms with Gasteiger partial charge in [-0.3, -0.25) is 9.69 Å². The van der Waals surface area contributed by atoms with Crippen molar-refractivity contribution in [3.63, 3.8) is 0 Å². The molecule has 7 heteroatoms. The Bertz CT molecular complexity index is 411. The van der Waals surface area contributed by atoms with Gasteiger partial charge in [-0.05, 0) is 32.9 Å². The molecule has 2 N–H and O–H groups in total. The van der Waals surface area contributed by atoms with Crippen LogP contribution in [0, 0.1) is 0 Å². The molecule has 0 spiro atoms. The first-order chi connectivity index (χ1) is 10.4. The summed E-state index contributed by atoms with van der Waals surface area (Å²) in [6, 6.07) is 0.548. The first-order valence-corrected chi connectivity index (χ1v) is 8.04. The van der Waals surface area contributed by atoms with E-state index in [9.17, 15) is 4.79 Å². The second-order valence-electron chi connectivity index (χ2n) is 6.07. The molecule has 0 aromatic rings. The SMILES string of the molecule is C=C(C)CNC(=NCC(=O)N(C)C)NCC1CCCN1CC.I. The van der Waals surface area contributed by atoms with Crippen LogP contribution in [0.15, 0.2) is 17.1 Å². The Labute approximate surface area is 157 Å². The molecule has 1 rings (SSSR count). The molecular formula is C16H32IN5O. The molecule has 6 nitrogen and oxygen atoms in total. The second kappa shape index (κ2) is 11.7. The molecule has 0 saturated carbocycles. The van der Waals surface area contributed by atoms with Gasteiger partial charge in [-0.1, -0.05) is 19.1 Å². The highest BCUT2D eigenvalue weighted by molar-refractivity contribution is 14.0. The van der Waals surface area contributed by atoms with Gasteiger partial charge in [0.2, 0.25) is 5.91 Å². The van der Waals surface area contributed by atoms with Crippen LogP contribution in [0.2, 0.25) is 0 Å². The van der Waals surface area contributed by atoms with E-state index in [0.29, 0.717) is 18.5 Å². The quantitative estimate of drug-likeness (QED) is 0.273. The number of likely N-dealkylation sites (tertiary alicyclic amines) is 1. The fourth-order valence-corrected chi connectivity index (χ4v) is 2.45. The van der Waals surface area contributed by atoms with Crippen LogP contribution in [0.5, 0.6) is 0 Å². The zero-order chi connectivity index (χ0) is 16.5. The number of carbonyl (C=O) groups is 1. The summed E-state index contributed by atoms with van der Waals surface area (Å²) >= 11 is 0. The lowest BCUT2D eigenvalue weighted by molar-refractivity contribution is -0.127. The molecule has 0 aliphatic carbocycles. The van der Waals surface area contributed by atoms with E-state index >= 15 is 0 Å². The van der Waals surface area contributed by atoms with E-state index in [0.717, 1.165) is 18.7 Å². The standard InChI is InChI=1S/C16H31N5O.HI/c1-6-21-9-7-8-14(21)11-18-16(17-10-13(2)3)19-12-15(22)20(4)5;/h14H,2,6-12H2,1,3-5H3,(H2,17,18,19);1H. The van der Waals surface area contributed by atoms with E-state index in [1.54, 1.807) is 19.0 Å². The minimum Gasteiger partial charge on any atom is -0.355 e. The van der Waals surface area contributed by atoms with E-state index in [2.05, 4.69) is 34.0 Å². The summed E-state index contributed by atoms with van der Waals surface area (Å²) in [5.74, 6) is 0.675. The monoisotopic (exact) mass is 437 g/mol. The van der Waals surface area contributed by atoms with Gasteiger partial charge in [-0.2, -0.15) is 0 Å². The highest BCUT2D eigenvalue weighted by Gasteiger charge is 2.22. The van der Waals surface area contributed by atoms with Crippen LogP contribution < -0.4 is 10.6 Å². The van der Waals surface area contributed by atoms with Gasteiger partial charge in [0, 0.05) is 33.2 Å². The molecule has 1 heterocycles. The van der Waals surface area contributed by atoms with Crippen molar-refractivity contribution < 1.29 is 4.79 Å². The Kier molecular flexibility index (Phi) is 11.2. The maximum atomic E-state index is 11.7. The summed E-state index contributed by atoms with van der Waals surface area (Å²) in [6.07, 6.45) is 2.47. The summed E-state index contributed by atoms with van der Waals surface area (Å²) in [7, 11) is 3.48. The number of rotatable bonds is 7. The average Bonchev–Trinajstić information content (AvgIpc) is 2.93. The molecule has 0 aromatic heterocycles. The third kappa shape index (κ3) is 8.55. The number of amides is 1. The molecule has 1 amide bonds. The number of hydrogen-bond acceptors (Lipinski definition) is 3. The van der Waals surface area contributed by atoms with E-state index in [-0.39, 0.29) is 36.4 Å². The van der Waals surface area contributed by atoms with E-state index in [4.69, 9.17) is 0 Å². The summed E-state index contributed by atoms with van der Waals surface area (Å²) < 4.78 is 0. The largest absolute Gasteiger partial charge is 0.355 e. The zero-order valence-electron chi connectivity index (χ0n) is 14.9. The molecule has 23 heavy (non-hydrogen) atoms. The van der Waals surface area contributed by atoms with Gasteiger partial charge in [0.15, 0.2) is 5.96 Å². The number of nitrogens with zero attached hydrogens (tertiary/aromatic N) is 3. The number of nitrogens with one attached hydrogen (secondary N) is 2. The molecule has 0 radical (unpaired) electrons. The summed E-state index contributed by atoms with van der Waals surface area (Å²) in [6.45, 7) is 12.0. The number of aliphatic imine (C=N–C) groups is 1. The van der Waals surface area contributed by atoms with Gasteiger partial charge in [-0.25, -0.2) is 4.99 Å². The van der Waals surface area contributed by atoms with E-state index < -0.39 is 0 Å². The topological polar surface area (TPSA) is 60.0 Å². The smallest absolute Gasteiger partial charge is 0.243 e. The molecule has 1 unspecified atom stereocenters. The Morgan fingerprint density at radius 1 is 1.39 bits per heavy atom. The van der Waals surface area contributed by atoms with Gasteiger partial charge < -0.3 is 15.5 Å². The third-order valence-corrected chi connectivity index (χ3v) is 3.84. The summed E-state index contributed by atoms with van der Waals surface area (Å²) in [5, 5.41) is 6.58. The normalized spacial score (nSPS) is 18.3. The highest BCUT2D eigenvalue weighted by Crippen LogP contribution is 2.15. The summed E-state index contributed by atoms with van der Waals surface area (Å²) in [4.78, 5) is 20.1. The molecular weight excluding hydrogens is 405 g/mol. The van der Waals surface area contributed by atoms with Crippen LogP contribution in [0.3, 0.4) is 0 Å². The number of carbonyl (C=O) groups excluding carboxylic acids is 1. The zero-order valence-corrected chi connectivity index (χ0v) is 17.2. The lowest BCUT2D eigenvalue weighted by Crippen LogP contribution is -2.45. The minimum atomic E-state index is -0.00697. The maximum Gasteiger partial charge on any atom is 0.243 e. The van der Waals surface area contributed by atoms with Gasteiger partial charge >= 0.3 is 0 Å². The lowest BCUT2D eigenvalue weighted by atomic mass is 10.2. The predicted octanol–water partition coefficient (Wildman–Crippen LogP) is 1.29. The predicted molar refractivity (Wildman–Crippen MR) is 107 cm³/mol. The first-order valence-electron chi connectivity index (χ1n) is 8.04. The molecule has 1 fully saturated rings. The van der Waals surface area contributed by atoms with Crippen LogP contribution >= 0.6 is 24.0 Å². The van der Waals surface area contributed by atoms with Crippen molar-refractivity contribution in [3.05, 3.63) is 12.2 Å². The number of halogens is 1. The Hall–Kier alpha value is -0.830. The van der Waals surface area contributed by atoms with Gasteiger partial charge in [0.05, 0.1) is 0 Å². The average molecular weight is 437 g/mol. The minimum absolute atomic E-state index is 0. The van der Waals surface area contributed by atoms with Crippen LogP contribution in [0.25, 0.3) is 0 Å². The van der Waals surface area contributed by atoms with Gasteiger partial charge in [0.1, 0.15) is 6.54 Å². The van der Waals surface area contributed by atoms with E-state index in [1.165, 1.54) is 19.4 Å². The second-order valence-corrected chi connectivity index (χ2v) is 6.07. The molecule has 134 valence electrons. The van der Waals surface area contributed by atoms with Crippen molar-refractivity contribution in [2.75, 3.05) is 46.8 Å². The molecule has 1 atom stereocenters. The van der Waals surface area contributed by atoms with Crippen LogP contribution in [0.1, 0.15) is 26.7 Å². The molecule has 0 bridgehead atoms. The molecule has 1 saturated heterocycles. The molecule has 1 aliphatic rings. The highest BCUT2D eigenvalue weighted by atomic mass is 127. The maximum absolute atomic E-state index is 11.7.